The number of hydrogen-bond acceptors (Lipinski definition) is 6. The number of nitrogens with two attached hydrogens (primary N) is 1. The molecule has 1 amide bonds. The van der Waals surface area contributed by atoms with E-state index in [1.165, 1.54) is 0 Å². The second-order valence-corrected chi connectivity index (χ2v) is 6.73. The van der Waals surface area contributed by atoms with E-state index in [0.717, 1.165) is 0 Å². The van der Waals surface area contributed by atoms with Crippen LogP contribution in [0.2, 0.25) is 10.0 Å². The van der Waals surface area contributed by atoms with E-state index in [2.05, 4.69) is 10.3 Å². The molecule has 1 heterocycles. The highest BCUT2D eigenvalue weighted by molar-refractivity contribution is 6.44. The fraction of sp³-hybridized carbons (Fsp3) is 0.200. The molecule has 3 N–H and O–H groups in total. The highest BCUT2D eigenvalue weighted by atomic mass is 35.5. The lowest BCUT2D eigenvalue weighted by Gasteiger charge is -2.15. The van der Waals surface area contributed by atoms with Gasteiger partial charge in [0.2, 0.25) is 0 Å². The Bertz CT molecular complexity index is 1060. The molecule has 0 fully saturated rings. The molecule has 0 bridgehead atoms. The third kappa shape index (κ3) is 4.48. The Hall–Kier alpha value is -2.74. The number of hydrogen-bond donors (Lipinski definition) is 2. The Labute approximate surface area is 177 Å². The maximum atomic E-state index is 12.4. The summed E-state index contributed by atoms with van der Waals surface area (Å²) in [5.41, 5.74) is 7.04. The third-order valence-electron chi connectivity index (χ3n) is 4.12. The van der Waals surface area contributed by atoms with Crippen LogP contribution in [0.15, 0.2) is 36.5 Å². The van der Waals surface area contributed by atoms with Crippen molar-refractivity contribution < 1.29 is 19.0 Å². The van der Waals surface area contributed by atoms with Gasteiger partial charge in [0.15, 0.2) is 0 Å². The number of nitrogen functional groups attached to an aromatic ring is 1. The van der Waals surface area contributed by atoms with Gasteiger partial charge in [-0.25, -0.2) is 0 Å². The van der Waals surface area contributed by atoms with Crippen molar-refractivity contribution >= 4 is 45.7 Å². The lowest BCUT2D eigenvalue weighted by atomic mass is 10.1. The number of fused-ring (bicyclic) bond motifs is 1. The van der Waals surface area contributed by atoms with E-state index in [0.29, 0.717) is 52.6 Å². The lowest BCUT2D eigenvalue weighted by molar-refractivity contribution is 0.0955. The molecule has 0 aliphatic rings. The van der Waals surface area contributed by atoms with Crippen molar-refractivity contribution in [3.8, 4) is 17.2 Å². The number of pyridine rings is 1. The summed E-state index contributed by atoms with van der Waals surface area (Å²) in [6.07, 6.45) is 1.59. The summed E-state index contributed by atoms with van der Waals surface area (Å²) in [4.78, 5) is 16.7. The standard InChI is InChI=1S/C20H19Cl2N3O4/c1-24-20(26)12-9-11-14(10-17(12)28-8-7-27-2)25-6-5-15(11)29-16-4-3-13(23)18(21)19(16)22/h3-6,9-10H,7-8,23H2,1-2H3,(H,24,26). The molecule has 0 spiro atoms. The van der Waals surface area contributed by atoms with Gasteiger partial charge in [-0.2, -0.15) is 0 Å². The lowest BCUT2D eigenvalue weighted by Crippen LogP contribution is -2.19. The summed E-state index contributed by atoms with van der Waals surface area (Å²) in [7, 11) is 3.12. The Balaban J connectivity index is 2.07. The van der Waals surface area contributed by atoms with Crippen LogP contribution < -0.4 is 20.5 Å². The molecule has 0 saturated heterocycles. The van der Waals surface area contributed by atoms with Gasteiger partial charge in [-0.3, -0.25) is 9.78 Å². The van der Waals surface area contributed by atoms with Crippen LogP contribution in [-0.4, -0.2) is 38.3 Å². The van der Waals surface area contributed by atoms with Gasteiger partial charge in [0.05, 0.1) is 28.4 Å². The third-order valence-corrected chi connectivity index (χ3v) is 5.00. The highest BCUT2D eigenvalue weighted by Crippen LogP contribution is 2.40. The molecule has 3 aromatic rings. The van der Waals surface area contributed by atoms with Gasteiger partial charge in [-0.05, 0) is 24.3 Å². The van der Waals surface area contributed by atoms with Gasteiger partial charge in [0.1, 0.15) is 28.9 Å². The van der Waals surface area contributed by atoms with Gasteiger partial charge < -0.3 is 25.3 Å². The average Bonchev–Trinajstić information content (AvgIpc) is 2.73. The van der Waals surface area contributed by atoms with Crippen LogP contribution in [0.1, 0.15) is 10.4 Å². The van der Waals surface area contributed by atoms with E-state index < -0.39 is 0 Å². The fourth-order valence-electron chi connectivity index (χ4n) is 2.65. The summed E-state index contributed by atoms with van der Waals surface area (Å²) < 4.78 is 16.7. The van der Waals surface area contributed by atoms with Gasteiger partial charge in [0.25, 0.3) is 5.91 Å². The average molecular weight is 436 g/mol. The number of anilines is 1. The molecule has 0 aliphatic heterocycles. The van der Waals surface area contributed by atoms with E-state index >= 15 is 0 Å². The first-order valence-electron chi connectivity index (χ1n) is 8.64. The summed E-state index contributed by atoms with van der Waals surface area (Å²) in [6.45, 7) is 0.680. The smallest absolute Gasteiger partial charge is 0.254 e. The van der Waals surface area contributed by atoms with Gasteiger partial charge >= 0.3 is 0 Å². The number of rotatable bonds is 7. The van der Waals surface area contributed by atoms with Crippen LogP contribution in [0.4, 0.5) is 5.69 Å². The maximum Gasteiger partial charge on any atom is 0.254 e. The van der Waals surface area contributed by atoms with Crippen molar-refractivity contribution in [1.82, 2.24) is 10.3 Å². The minimum Gasteiger partial charge on any atom is -0.490 e. The second kappa shape index (κ2) is 9.17. The SMILES string of the molecule is CNC(=O)c1cc2c(Oc3ccc(N)c(Cl)c3Cl)ccnc2cc1OCCOC. The van der Waals surface area contributed by atoms with E-state index in [9.17, 15) is 4.79 Å². The second-order valence-electron chi connectivity index (χ2n) is 5.98. The number of carbonyl (C=O) groups is 1. The van der Waals surface area contributed by atoms with Crippen LogP contribution in [0.25, 0.3) is 10.9 Å². The van der Waals surface area contributed by atoms with Gasteiger partial charge in [0, 0.05) is 31.8 Å². The summed E-state index contributed by atoms with van der Waals surface area (Å²) in [6, 6.07) is 8.23. The molecule has 1 aromatic heterocycles. The first-order chi connectivity index (χ1) is 14.0. The highest BCUT2D eigenvalue weighted by Gasteiger charge is 2.17. The van der Waals surface area contributed by atoms with E-state index in [4.69, 9.17) is 43.1 Å². The van der Waals surface area contributed by atoms with Gasteiger partial charge in [-0.15, -0.1) is 0 Å². The zero-order valence-corrected chi connectivity index (χ0v) is 17.3. The number of ether oxygens (including phenoxy) is 3. The van der Waals surface area contributed by atoms with Crippen molar-refractivity contribution in [2.24, 2.45) is 0 Å². The Morgan fingerprint density at radius 1 is 1.10 bits per heavy atom. The van der Waals surface area contributed by atoms with Crippen LogP contribution in [0.5, 0.6) is 17.2 Å². The van der Waals surface area contributed by atoms with Gasteiger partial charge in [-0.1, -0.05) is 23.2 Å². The van der Waals surface area contributed by atoms with E-state index in [1.807, 2.05) is 0 Å². The summed E-state index contributed by atoms with van der Waals surface area (Å²) in [5, 5.41) is 3.62. The number of halogens is 2. The van der Waals surface area contributed by atoms with Crippen molar-refractivity contribution in [2.45, 2.75) is 0 Å². The van der Waals surface area contributed by atoms with Crippen molar-refractivity contribution in [2.75, 3.05) is 33.1 Å². The van der Waals surface area contributed by atoms with Crippen LogP contribution in [0.3, 0.4) is 0 Å². The minimum absolute atomic E-state index is 0.197. The van der Waals surface area contributed by atoms with Crippen LogP contribution >= 0.6 is 23.2 Å². The first kappa shape index (κ1) is 21.0. The number of amides is 1. The fourth-order valence-corrected chi connectivity index (χ4v) is 3.01. The summed E-state index contributed by atoms with van der Waals surface area (Å²) >= 11 is 12.4. The molecule has 7 nitrogen and oxygen atoms in total. The van der Waals surface area contributed by atoms with Crippen LogP contribution in [0, 0.1) is 0 Å². The zero-order valence-electron chi connectivity index (χ0n) is 15.8. The quantitative estimate of drug-likeness (QED) is 0.424. The summed E-state index contributed by atoms with van der Waals surface area (Å²) in [5.74, 6) is 0.876. The molecule has 0 unspecified atom stereocenters. The molecule has 0 atom stereocenters. The normalized spacial score (nSPS) is 10.8. The van der Waals surface area contributed by atoms with E-state index in [1.54, 1.807) is 50.7 Å². The molecular weight excluding hydrogens is 417 g/mol. The largest absolute Gasteiger partial charge is 0.490 e. The molecule has 2 aromatic carbocycles. The number of carbonyl (C=O) groups excluding carboxylic acids is 1. The molecule has 152 valence electrons. The number of nitrogens with one attached hydrogen (secondary N) is 1. The first-order valence-corrected chi connectivity index (χ1v) is 9.39. The monoisotopic (exact) mass is 435 g/mol. The Kier molecular flexibility index (Phi) is 6.64. The maximum absolute atomic E-state index is 12.4. The molecule has 0 saturated carbocycles. The molecule has 0 radical (unpaired) electrons. The zero-order chi connectivity index (χ0) is 21.0. The molecule has 0 aliphatic carbocycles. The van der Waals surface area contributed by atoms with Crippen molar-refractivity contribution in [3.63, 3.8) is 0 Å². The molecular formula is C20H19Cl2N3O4. The minimum atomic E-state index is -0.303. The van der Waals surface area contributed by atoms with Crippen molar-refractivity contribution in [3.05, 3.63) is 52.1 Å². The molecule has 9 heteroatoms. The number of benzene rings is 2. The number of methoxy groups -OCH3 is 1. The van der Waals surface area contributed by atoms with E-state index in [-0.39, 0.29) is 16.0 Å². The number of aromatic nitrogens is 1. The predicted octanol–water partition coefficient (Wildman–Crippen LogP) is 4.30. The van der Waals surface area contributed by atoms with Crippen molar-refractivity contribution in [1.29, 1.82) is 0 Å². The van der Waals surface area contributed by atoms with Crippen LogP contribution in [-0.2, 0) is 4.74 Å². The Morgan fingerprint density at radius 3 is 2.62 bits per heavy atom. The number of nitrogens with zero attached hydrogens (tertiary/aromatic N) is 1. The topological polar surface area (TPSA) is 95.7 Å². The molecule has 3 rings (SSSR count). The predicted molar refractivity (Wildman–Crippen MR) is 113 cm³/mol. The molecule has 29 heavy (non-hydrogen) atoms. The Morgan fingerprint density at radius 2 is 1.90 bits per heavy atom.